The van der Waals surface area contributed by atoms with Gasteiger partial charge < -0.3 is 14.7 Å². The monoisotopic (exact) mass is 379 g/mol. The molecule has 0 unspecified atom stereocenters. The van der Waals surface area contributed by atoms with Crippen LogP contribution in [0.3, 0.4) is 0 Å². The van der Waals surface area contributed by atoms with Crippen molar-refractivity contribution in [3.05, 3.63) is 0 Å². The molecule has 0 saturated heterocycles. The fourth-order valence-electron chi connectivity index (χ4n) is 4.19. The van der Waals surface area contributed by atoms with Crippen molar-refractivity contribution in [2.45, 2.75) is 94.5 Å². The van der Waals surface area contributed by atoms with E-state index in [1.165, 1.54) is 0 Å². The Labute approximate surface area is 151 Å². The maximum atomic E-state index is 13.3. The zero-order valence-electron chi connectivity index (χ0n) is 15.2. The van der Waals surface area contributed by atoms with E-state index in [1.54, 1.807) is 4.90 Å². The van der Waals surface area contributed by atoms with E-state index in [2.05, 4.69) is 4.74 Å². The van der Waals surface area contributed by atoms with Gasteiger partial charge in [0.2, 0.25) is 5.91 Å². The van der Waals surface area contributed by atoms with Gasteiger partial charge in [0.15, 0.2) is 0 Å². The van der Waals surface area contributed by atoms with E-state index in [-0.39, 0.29) is 12.1 Å². The molecule has 0 heterocycles. The minimum atomic E-state index is -5.28. The molecular weight excluding hydrogens is 351 g/mol. The van der Waals surface area contributed by atoms with Crippen LogP contribution in [0.2, 0.25) is 0 Å². The molecule has 5 nitrogen and oxygen atoms in total. The Morgan fingerprint density at radius 3 is 1.73 bits per heavy atom. The maximum absolute atomic E-state index is 13.3. The highest BCUT2D eigenvalue weighted by molar-refractivity contribution is 5.88. The molecule has 8 heteroatoms. The van der Waals surface area contributed by atoms with E-state index >= 15 is 0 Å². The topological polar surface area (TPSA) is 66.8 Å². The fourth-order valence-corrected chi connectivity index (χ4v) is 4.19. The van der Waals surface area contributed by atoms with E-state index in [9.17, 15) is 27.9 Å². The number of carbonyl (C=O) groups is 2. The van der Waals surface area contributed by atoms with Crippen LogP contribution in [-0.4, -0.2) is 52.9 Å². The summed E-state index contributed by atoms with van der Waals surface area (Å²) in [6.07, 6.45) is 2.25. The first-order chi connectivity index (χ1) is 12.2. The number of rotatable bonds is 5. The highest BCUT2D eigenvalue weighted by atomic mass is 19.4. The van der Waals surface area contributed by atoms with Crippen molar-refractivity contribution < 1.29 is 32.6 Å². The number of alkyl halides is 3. The van der Waals surface area contributed by atoms with Gasteiger partial charge in [-0.15, -0.1) is 0 Å². The third-order valence-corrected chi connectivity index (χ3v) is 5.62. The van der Waals surface area contributed by atoms with Crippen LogP contribution in [0.25, 0.3) is 0 Å². The molecule has 1 atom stereocenters. The van der Waals surface area contributed by atoms with Crippen molar-refractivity contribution in [1.29, 1.82) is 0 Å². The number of hydrogen-bond donors (Lipinski definition) is 1. The summed E-state index contributed by atoms with van der Waals surface area (Å²) in [5, 5.41) is 9.99. The van der Waals surface area contributed by atoms with Gasteiger partial charge in [0, 0.05) is 12.1 Å². The molecule has 26 heavy (non-hydrogen) atoms. The Morgan fingerprint density at radius 2 is 1.38 bits per heavy atom. The lowest BCUT2D eigenvalue weighted by molar-refractivity contribution is -0.263. The van der Waals surface area contributed by atoms with Gasteiger partial charge in [0.25, 0.3) is 5.60 Å². The van der Waals surface area contributed by atoms with Crippen LogP contribution in [0.5, 0.6) is 0 Å². The lowest BCUT2D eigenvalue weighted by atomic mass is 9.87. The van der Waals surface area contributed by atoms with E-state index in [4.69, 9.17) is 0 Å². The van der Waals surface area contributed by atoms with Gasteiger partial charge in [0.05, 0.1) is 13.5 Å². The molecule has 2 saturated carbocycles. The highest BCUT2D eigenvalue weighted by Gasteiger charge is 2.62. The molecule has 1 N–H and O–H groups in total. The predicted molar refractivity (Wildman–Crippen MR) is 88.2 cm³/mol. The van der Waals surface area contributed by atoms with Gasteiger partial charge in [-0.25, -0.2) is 4.79 Å². The molecule has 2 rings (SSSR count). The Morgan fingerprint density at radius 1 is 0.962 bits per heavy atom. The van der Waals surface area contributed by atoms with Crippen molar-refractivity contribution in [2.75, 3.05) is 7.11 Å². The fraction of sp³-hybridized carbons (Fsp3) is 0.889. The molecule has 0 spiro atoms. The van der Waals surface area contributed by atoms with Gasteiger partial charge in [0.1, 0.15) is 0 Å². The van der Waals surface area contributed by atoms with Crippen molar-refractivity contribution in [2.24, 2.45) is 0 Å². The van der Waals surface area contributed by atoms with Crippen LogP contribution < -0.4 is 0 Å². The number of esters is 1. The lowest BCUT2D eigenvalue weighted by Gasteiger charge is -2.43. The summed E-state index contributed by atoms with van der Waals surface area (Å²) in [6.45, 7) is 0. The van der Waals surface area contributed by atoms with E-state index < -0.39 is 30.1 Å². The minimum absolute atomic E-state index is 0.116. The van der Waals surface area contributed by atoms with Gasteiger partial charge in [-0.3, -0.25) is 4.79 Å². The largest absolute Gasteiger partial charge is 0.467 e. The number of carbonyl (C=O) groups excluding carboxylic acids is 2. The predicted octanol–water partition coefficient (Wildman–Crippen LogP) is 3.34. The summed E-state index contributed by atoms with van der Waals surface area (Å²) in [5.74, 6) is -2.65. The maximum Gasteiger partial charge on any atom is 0.428 e. The second-order valence-electron chi connectivity index (χ2n) is 7.41. The van der Waals surface area contributed by atoms with Crippen LogP contribution in [0, 0.1) is 0 Å². The quantitative estimate of drug-likeness (QED) is 0.744. The van der Waals surface area contributed by atoms with Gasteiger partial charge in [-0.1, -0.05) is 38.5 Å². The molecule has 0 aromatic rings. The van der Waals surface area contributed by atoms with Crippen LogP contribution in [-0.2, 0) is 14.3 Å². The molecule has 0 aromatic carbocycles. The lowest BCUT2D eigenvalue weighted by Crippen LogP contribution is -2.58. The first-order valence-electron chi connectivity index (χ1n) is 9.39. The number of ether oxygens (including phenoxy) is 1. The summed E-state index contributed by atoms with van der Waals surface area (Å²) in [5.41, 5.74) is -3.81. The van der Waals surface area contributed by atoms with E-state index in [0.717, 1.165) is 71.3 Å². The van der Waals surface area contributed by atoms with Crippen molar-refractivity contribution >= 4 is 11.9 Å². The minimum Gasteiger partial charge on any atom is -0.467 e. The summed E-state index contributed by atoms with van der Waals surface area (Å²) < 4.78 is 44.1. The SMILES string of the molecule is COC(=O)[C@](O)(CC(=O)N(C1CCCCC1)C1CCCCC1)C(F)(F)F. The number of hydrogen-bond acceptors (Lipinski definition) is 4. The van der Waals surface area contributed by atoms with Crippen molar-refractivity contribution in [1.82, 2.24) is 4.90 Å². The van der Waals surface area contributed by atoms with Crippen molar-refractivity contribution in [3.8, 4) is 0 Å². The zero-order valence-corrected chi connectivity index (χ0v) is 15.2. The number of methoxy groups -OCH3 is 1. The average Bonchev–Trinajstić information content (AvgIpc) is 2.62. The van der Waals surface area contributed by atoms with Gasteiger partial charge in [-0.2, -0.15) is 13.2 Å². The standard InChI is InChI=1S/C18H28F3NO4/c1-26-16(24)17(25,18(19,20)21)12-15(23)22(13-8-4-2-5-9-13)14-10-6-3-7-11-14/h13-14,25H,2-12H2,1H3/t17-/m1/s1. The number of amides is 1. The van der Waals surface area contributed by atoms with Crippen LogP contribution >= 0.6 is 0 Å². The number of nitrogens with zero attached hydrogens (tertiary/aromatic N) is 1. The molecule has 0 bridgehead atoms. The molecule has 2 fully saturated rings. The Bertz CT molecular complexity index is 481. The molecule has 0 aliphatic heterocycles. The summed E-state index contributed by atoms with van der Waals surface area (Å²) >= 11 is 0. The molecule has 0 aromatic heterocycles. The average molecular weight is 379 g/mol. The van der Waals surface area contributed by atoms with E-state index in [0.29, 0.717) is 0 Å². The summed E-state index contributed by atoms with van der Waals surface area (Å²) in [4.78, 5) is 26.1. The molecule has 2 aliphatic carbocycles. The van der Waals surface area contributed by atoms with E-state index in [1.807, 2.05) is 0 Å². The van der Waals surface area contributed by atoms with Crippen molar-refractivity contribution in [3.63, 3.8) is 0 Å². The Kier molecular flexibility index (Phi) is 6.93. The normalized spacial score (nSPS) is 22.5. The van der Waals surface area contributed by atoms with Crippen LogP contribution in [0.1, 0.15) is 70.6 Å². The van der Waals surface area contributed by atoms with Crippen LogP contribution in [0.4, 0.5) is 13.2 Å². The number of aliphatic hydroxyl groups is 1. The highest BCUT2D eigenvalue weighted by Crippen LogP contribution is 2.37. The third-order valence-electron chi connectivity index (χ3n) is 5.62. The summed E-state index contributed by atoms with van der Waals surface area (Å²) in [6, 6.07) is -0.232. The first kappa shape index (κ1) is 21.0. The summed E-state index contributed by atoms with van der Waals surface area (Å²) in [7, 11) is 0.767. The zero-order chi connectivity index (χ0) is 19.4. The smallest absolute Gasteiger partial charge is 0.428 e. The molecule has 1 amide bonds. The van der Waals surface area contributed by atoms with Gasteiger partial charge >= 0.3 is 12.1 Å². The van der Waals surface area contributed by atoms with Gasteiger partial charge in [-0.05, 0) is 25.7 Å². The molecule has 0 radical (unpaired) electrons. The van der Waals surface area contributed by atoms with Crippen LogP contribution in [0.15, 0.2) is 0 Å². The second kappa shape index (κ2) is 8.59. The first-order valence-corrected chi connectivity index (χ1v) is 9.39. The molecule has 2 aliphatic rings. The molecular formula is C18H28F3NO4. The number of halogens is 3. The Balaban J connectivity index is 2.24. The molecule has 150 valence electrons. The Hall–Kier alpha value is -1.31. The second-order valence-corrected chi connectivity index (χ2v) is 7.41. The third kappa shape index (κ3) is 4.50.